The highest BCUT2D eigenvalue weighted by molar-refractivity contribution is 5.89. The molecule has 0 spiro atoms. The smallest absolute Gasteiger partial charge is 0.286 e. The molecule has 20 heavy (non-hydrogen) atoms. The van der Waals surface area contributed by atoms with Gasteiger partial charge in [-0.25, -0.2) is 9.07 Å². The van der Waals surface area contributed by atoms with Crippen LogP contribution in [0.4, 0.5) is 10.1 Å². The van der Waals surface area contributed by atoms with Gasteiger partial charge in [0.1, 0.15) is 5.82 Å². The number of nitrogens with zero attached hydrogens (tertiary/aromatic N) is 3. The Morgan fingerprint density at radius 2 is 2.35 bits per heavy atom. The molecule has 1 aromatic carbocycles. The molecule has 0 radical (unpaired) electrons. The minimum atomic E-state index is -0.596. The standard InChI is InChI=1S/C13H14FN3O3/c1-8-10(14)6-11-9(13(8)17(18)19)7-15-16(11)12-4-2-3-5-20-12/h6-7,12H,2-5H2,1H3. The van der Waals surface area contributed by atoms with Crippen molar-refractivity contribution in [3.8, 4) is 0 Å². The fourth-order valence-corrected chi connectivity index (χ4v) is 2.62. The summed E-state index contributed by atoms with van der Waals surface area (Å²) in [7, 11) is 0. The van der Waals surface area contributed by atoms with E-state index in [1.165, 1.54) is 19.2 Å². The van der Waals surface area contributed by atoms with Crippen LogP contribution in [0, 0.1) is 22.9 Å². The lowest BCUT2D eigenvalue weighted by Crippen LogP contribution is -2.19. The fraction of sp³-hybridized carbons (Fsp3) is 0.462. The zero-order valence-electron chi connectivity index (χ0n) is 11.0. The zero-order valence-corrected chi connectivity index (χ0v) is 11.0. The maximum Gasteiger partial charge on any atom is 0.286 e. The van der Waals surface area contributed by atoms with Crippen LogP contribution < -0.4 is 0 Å². The van der Waals surface area contributed by atoms with Crippen LogP contribution in [0.3, 0.4) is 0 Å². The third-order valence-electron chi connectivity index (χ3n) is 3.68. The molecule has 2 heterocycles. The molecule has 0 amide bonds. The van der Waals surface area contributed by atoms with Crippen molar-refractivity contribution >= 4 is 16.6 Å². The number of fused-ring (bicyclic) bond motifs is 1. The van der Waals surface area contributed by atoms with Crippen LogP contribution in [-0.2, 0) is 4.74 Å². The second-order valence-corrected chi connectivity index (χ2v) is 4.93. The number of hydrogen-bond donors (Lipinski definition) is 0. The first-order valence-corrected chi connectivity index (χ1v) is 6.52. The first-order valence-electron chi connectivity index (χ1n) is 6.52. The lowest BCUT2D eigenvalue weighted by Gasteiger charge is -2.23. The van der Waals surface area contributed by atoms with E-state index in [9.17, 15) is 14.5 Å². The van der Waals surface area contributed by atoms with E-state index >= 15 is 0 Å². The van der Waals surface area contributed by atoms with Gasteiger partial charge in [-0.3, -0.25) is 10.1 Å². The molecule has 6 nitrogen and oxygen atoms in total. The minimum Gasteiger partial charge on any atom is -0.356 e. The van der Waals surface area contributed by atoms with E-state index in [4.69, 9.17) is 4.74 Å². The first-order chi connectivity index (χ1) is 9.59. The predicted octanol–water partition coefficient (Wildman–Crippen LogP) is 3.09. The van der Waals surface area contributed by atoms with Gasteiger partial charge in [0.05, 0.1) is 27.6 Å². The highest BCUT2D eigenvalue weighted by Gasteiger charge is 2.25. The number of halogens is 1. The fourth-order valence-electron chi connectivity index (χ4n) is 2.62. The Labute approximate surface area is 114 Å². The van der Waals surface area contributed by atoms with Gasteiger partial charge in [-0.05, 0) is 26.2 Å². The average molecular weight is 279 g/mol. The number of aromatic nitrogens is 2. The summed E-state index contributed by atoms with van der Waals surface area (Å²) in [5.41, 5.74) is 0.223. The summed E-state index contributed by atoms with van der Waals surface area (Å²) in [6.07, 6.45) is 3.91. The summed E-state index contributed by atoms with van der Waals surface area (Å²) in [4.78, 5) is 10.6. The lowest BCUT2D eigenvalue weighted by molar-refractivity contribution is -0.383. The number of rotatable bonds is 2. The van der Waals surface area contributed by atoms with Crippen LogP contribution in [0.25, 0.3) is 10.9 Å². The van der Waals surface area contributed by atoms with E-state index in [-0.39, 0.29) is 17.5 Å². The summed E-state index contributed by atoms with van der Waals surface area (Å²) in [5.74, 6) is -0.596. The number of hydrogen-bond acceptors (Lipinski definition) is 4. The molecule has 3 rings (SSSR count). The third-order valence-corrected chi connectivity index (χ3v) is 3.68. The highest BCUT2D eigenvalue weighted by Crippen LogP contribution is 2.34. The van der Waals surface area contributed by atoms with Crippen molar-refractivity contribution in [3.05, 3.63) is 33.8 Å². The molecule has 1 aromatic heterocycles. The van der Waals surface area contributed by atoms with Gasteiger partial charge in [0.15, 0.2) is 6.23 Å². The molecule has 1 saturated heterocycles. The highest BCUT2D eigenvalue weighted by atomic mass is 19.1. The molecule has 0 bridgehead atoms. The van der Waals surface area contributed by atoms with Gasteiger partial charge in [0.25, 0.3) is 5.69 Å². The molecule has 7 heteroatoms. The summed E-state index contributed by atoms with van der Waals surface area (Å²) in [6.45, 7) is 2.03. The van der Waals surface area contributed by atoms with Gasteiger partial charge in [-0.2, -0.15) is 5.10 Å². The van der Waals surface area contributed by atoms with Crippen molar-refractivity contribution in [3.63, 3.8) is 0 Å². The molecule has 1 unspecified atom stereocenters. The van der Waals surface area contributed by atoms with Crippen molar-refractivity contribution < 1.29 is 14.1 Å². The second kappa shape index (κ2) is 4.82. The Morgan fingerprint density at radius 1 is 1.55 bits per heavy atom. The summed E-state index contributed by atoms with van der Waals surface area (Å²) in [5, 5.41) is 15.7. The maximum absolute atomic E-state index is 13.9. The molecular formula is C13H14FN3O3. The lowest BCUT2D eigenvalue weighted by atomic mass is 10.1. The summed E-state index contributed by atoms with van der Waals surface area (Å²) >= 11 is 0. The van der Waals surface area contributed by atoms with E-state index in [0.29, 0.717) is 17.5 Å². The zero-order chi connectivity index (χ0) is 14.3. The molecule has 1 aliphatic rings. The summed E-state index contributed by atoms with van der Waals surface area (Å²) in [6, 6.07) is 1.29. The molecule has 1 fully saturated rings. The Balaban J connectivity index is 2.19. The number of benzene rings is 1. The molecule has 0 saturated carbocycles. The van der Waals surface area contributed by atoms with Gasteiger partial charge in [0.2, 0.25) is 0 Å². The van der Waals surface area contributed by atoms with E-state index in [1.54, 1.807) is 4.68 Å². The number of nitro groups is 1. The Kier molecular flexibility index (Phi) is 3.13. The Morgan fingerprint density at radius 3 is 3.00 bits per heavy atom. The van der Waals surface area contributed by atoms with Crippen LogP contribution in [0.2, 0.25) is 0 Å². The van der Waals surface area contributed by atoms with Crippen LogP contribution >= 0.6 is 0 Å². The first kappa shape index (κ1) is 13.0. The number of ether oxygens (including phenoxy) is 1. The topological polar surface area (TPSA) is 70.2 Å². The minimum absolute atomic E-state index is 0.0339. The van der Waals surface area contributed by atoms with Gasteiger partial charge in [-0.1, -0.05) is 0 Å². The van der Waals surface area contributed by atoms with Crippen molar-refractivity contribution in [1.82, 2.24) is 9.78 Å². The van der Waals surface area contributed by atoms with Crippen LogP contribution in [0.1, 0.15) is 31.1 Å². The van der Waals surface area contributed by atoms with Crippen molar-refractivity contribution in [1.29, 1.82) is 0 Å². The SMILES string of the molecule is Cc1c(F)cc2c(cnn2C2CCCCO2)c1[N+](=O)[O-]. The van der Waals surface area contributed by atoms with Crippen molar-refractivity contribution in [2.75, 3.05) is 6.61 Å². The van der Waals surface area contributed by atoms with Gasteiger partial charge in [-0.15, -0.1) is 0 Å². The Bertz CT molecular complexity index is 677. The van der Waals surface area contributed by atoms with Gasteiger partial charge in [0, 0.05) is 12.7 Å². The van der Waals surface area contributed by atoms with Gasteiger partial charge < -0.3 is 4.74 Å². The summed E-state index contributed by atoms with van der Waals surface area (Å²) < 4.78 is 21.1. The molecular weight excluding hydrogens is 265 g/mol. The monoisotopic (exact) mass is 279 g/mol. The molecule has 0 N–H and O–H groups in total. The largest absolute Gasteiger partial charge is 0.356 e. The van der Waals surface area contributed by atoms with Crippen molar-refractivity contribution in [2.45, 2.75) is 32.4 Å². The second-order valence-electron chi connectivity index (χ2n) is 4.93. The Hall–Kier alpha value is -2.02. The molecule has 106 valence electrons. The van der Waals surface area contributed by atoms with E-state index in [2.05, 4.69) is 5.10 Å². The molecule has 1 aliphatic heterocycles. The molecule has 2 aromatic rings. The molecule has 0 aliphatic carbocycles. The van der Waals surface area contributed by atoms with Crippen LogP contribution in [-0.4, -0.2) is 21.3 Å². The average Bonchev–Trinajstić information content (AvgIpc) is 2.83. The maximum atomic E-state index is 13.9. The van der Waals surface area contributed by atoms with E-state index in [1.807, 2.05) is 0 Å². The van der Waals surface area contributed by atoms with Crippen molar-refractivity contribution in [2.24, 2.45) is 0 Å². The molecule has 1 atom stereocenters. The van der Waals surface area contributed by atoms with Crippen LogP contribution in [0.5, 0.6) is 0 Å². The predicted molar refractivity (Wildman–Crippen MR) is 69.9 cm³/mol. The third kappa shape index (κ3) is 1.94. The van der Waals surface area contributed by atoms with Crippen LogP contribution in [0.15, 0.2) is 12.3 Å². The quantitative estimate of drug-likeness (QED) is 0.625. The van der Waals surface area contributed by atoms with E-state index in [0.717, 1.165) is 19.3 Å². The van der Waals surface area contributed by atoms with Gasteiger partial charge >= 0.3 is 0 Å². The normalized spacial score (nSPS) is 19.4. The van der Waals surface area contributed by atoms with E-state index < -0.39 is 10.7 Å². The number of nitro benzene ring substituents is 1.